The van der Waals surface area contributed by atoms with E-state index in [0.717, 1.165) is 11.1 Å². The first-order chi connectivity index (χ1) is 11.2. The van der Waals surface area contributed by atoms with Crippen LogP contribution < -0.4 is 5.32 Å². The van der Waals surface area contributed by atoms with E-state index in [2.05, 4.69) is 15.5 Å². The Kier molecular flexibility index (Phi) is 2.87. The van der Waals surface area contributed by atoms with Gasteiger partial charge in [0.15, 0.2) is 5.78 Å². The van der Waals surface area contributed by atoms with Gasteiger partial charge in [0.2, 0.25) is 5.91 Å². The van der Waals surface area contributed by atoms with Crippen molar-refractivity contribution in [2.75, 3.05) is 5.32 Å². The second-order valence-electron chi connectivity index (χ2n) is 5.43. The first kappa shape index (κ1) is 13.5. The zero-order valence-electron chi connectivity index (χ0n) is 12.4. The van der Waals surface area contributed by atoms with Crippen LogP contribution in [-0.2, 0) is 4.79 Å². The molecule has 1 aliphatic carbocycles. The van der Waals surface area contributed by atoms with Crippen molar-refractivity contribution in [2.45, 2.75) is 6.92 Å². The predicted octanol–water partition coefficient (Wildman–Crippen LogP) is 3.25. The third-order valence-corrected chi connectivity index (χ3v) is 3.91. The van der Waals surface area contributed by atoms with Crippen molar-refractivity contribution in [3.05, 3.63) is 59.7 Å². The van der Waals surface area contributed by atoms with Gasteiger partial charge in [-0.05, 0) is 6.07 Å². The fraction of sp³-hybridized carbons (Fsp3) is 0.0556. The summed E-state index contributed by atoms with van der Waals surface area (Å²) in [4.78, 5) is 24.3. The number of nitrogens with zero attached hydrogens (tertiary/aromatic N) is 1. The smallest absolute Gasteiger partial charge is 0.221 e. The largest absolute Gasteiger partial charge is 0.326 e. The lowest BCUT2D eigenvalue weighted by molar-refractivity contribution is -0.114. The van der Waals surface area contributed by atoms with Crippen molar-refractivity contribution >= 4 is 17.4 Å². The molecule has 4 rings (SSSR count). The Morgan fingerprint density at radius 3 is 2.57 bits per heavy atom. The maximum atomic E-state index is 12.9. The minimum absolute atomic E-state index is 0.119. The molecule has 5 heteroatoms. The summed E-state index contributed by atoms with van der Waals surface area (Å²) in [6.45, 7) is 1.43. The van der Waals surface area contributed by atoms with Crippen LogP contribution in [0.1, 0.15) is 22.8 Å². The number of carbonyl (C=O) groups is 2. The average Bonchev–Trinajstić information content (AvgIpc) is 3.09. The molecule has 2 aromatic carbocycles. The molecule has 1 heterocycles. The number of ketones is 1. The van der Waals surface area contributed by atoms with Crippen LogP contribution in [0.15, 0.2) is 48.5 Å². The summed E-state index contributed by atoms with van der Waals surface area (Å²) in [5.41, 5.74) is 4.60. The number of fused-ring (bicyclic) bond motifs is 3. The molecule has 1 aromatic heterocycles. The molecule has 5 nitrogen and oxygen atoms in total. The summed E-state index contributed by atoms with van der Waals surface area (Å²) in [7, 11) is 0. The number of aromatic nitrogens is 2. The number of anilines is 1. The summed E-state index contributed by atoms with van der Waals surface area (Å²) < 4.78 is 0. The molecule has 0 saturated heterocycles. The van der Waals surface area contributed by atoms with Crippen LogP contribution >= 0.6 is 0 Å². The molecule has 0 radical (unpaired) electrons. The third kappa shape index (κ3) is 1.97. The molecule has 1 aliphatic rings. The summed E-state index contributed by atoms with van der Waals surface area (Å²) in [6, 6.07) is 15.0. The van der Waals surface area contributed by atoms with Gasteiger partial charge in [-0.25, -0.2) is 0 Å². The molecule has 0 saturated carbocycles. The molecule has 0 unspecified atom stereocenters. The van der Waals surface area contributed by atoms with Crippen molar-refractivity contribution in [1.82, 2.24) is 10.2 Å². The van der Waals surface area contributed by atoms with E-state index in [9.17, 15) is 9.59 Å². The fourth-order valence-electron chi connectivity index (χ4n) is 2.99. The van der Waals surface area contributed by atoms with E-state index >= 15 is 0 Å². The number of nitrogens with one attached hydrogen (secondary N) is 2. The number of H-pyrrole nitrogens is 1. The average molecular weight is 303 g/mol. The van der Waals surface area contributed by atoms with Gasteiger partial charge in [-0.2, -0.15) is 5.10 Å². The van der Waals surface area contributed by atoms with Gasteiger partial charge in [-0.3, -0.25) is 14.7 Å². The number of aromatic amines is 1. The Hall–Kier alpha value is -3.21. The molecule has 0 bridgehead atoms. The number of carbonyl (C=O) groups excluding carboxylic acids is 2. The lowest BCUT2D eigenvalue weighted by Gasteiger charge is -2.07. The Balaban J connectivity index is 1.90. The summed E-state index contributed by atoms with van der Waals surface area (Å²) in [5.74, 6) is -0.324. The highest BCUT2D eigenvalue weighted by molar-refractivity contribution is 6.26. The number of benzene rings is 2. The van der Waals surface area contributed by atoms with Crippen LogP contribution in [0.25, 0.3) is 22.5 Å². The van der Waals surface area contributed by atoms with Gasteiger partial charge in [0, 0.05) is 18.1 Å². The fourth-order valence-corrected chi connectivity index (χ4v) is 2.99. The lowest BCUT2D eigenvalue weighted by atomic mass is 10.0. The maximum absolute atomic E-state index is 12.9. The highest BCUT2D eigenvalue weighted by atomic mass is 16.1. The number of amides is 1. The maximum Gasteiger partial charge on any atom is 0.221 e. The molecule has 112 valence electrons. The van der Waals surface area contributed by atoms with Gasteiger partial charge < -0.3 is 5.32 Å². The van der Waals surface area contributed by atoms with Gasteiger partial charge in [-0.1, -0.05) is 42.5 Å². The van der Waals surface area contributed by atoms with Gasteiger partial charge in [0.1, 0.15) is 5.69 Å². The highest BCUT2D eigenvalue weighted by Gasteiger charge is 2.34. The first-order valence-electron chi connectivity index (χ1n) is 7.26. The van der Waals surface area contributed by atoms with Crippen LogP contribution in [0.4, 0.5) is 5.69 Å². The molecule has 23 heavy (non-hydrogen) atoms. The van der Waals surface area contributed by atoms with Crippen LogP contribution in [0.2, 0.25) is 0 Å². The third-order valence-electron chi connectivity index (χ3n) is 3.91. The van der Waals surface area contributed by atoms with Gasteiger partial charge in [0.05, 0.1) is 22.5 Å². The number of hydrogen-bond donors (Lipinski definition) is 2. The standard InChI is InChI=1S/C18H13N3O2/c1-10(22)19-13-9-5-8-12-14(13)18(23)15-16(20-21-17(12)15)11-6-3-2-4-7-11/h2-9H,1H3,(H,19,22)(H,20,21). The van der Waals surface area contributed by atoms with E-state index in [0.29, 0.717) is 28.2 Å². The van der Waals surface area contributed by atoms with Crippen LogP contribution in [-0.4, -0.2) is 21.9 Å². The van der Waals surface area contributed by atoms with E-state index in [1.807, 2.05) is 42.5 Å². The van der Waals surface area contributed by atoms with E-state index in [1.165, 1.54) is 6.92 Å². The Morgan fingerprint density at radius 1 is 1.04 bits per heavy atom. The molecular weight excluding hydrogens is 290 g/mol. The first-order valence-corrected chi connectivity index (χ1v) is 7.26. The van der Waals surface area contributed by atoms with Crippen LogP contribution in [0.5, 0.6) is 0 Å². The lowest BCUT2D eigenvalue weighted by Crippen LogP contribution is -2.10. The minimum Gasteiger partial charge on any atom is -0.326 e. The molecule has 0 fully saturated rings. The van der Waals surface area contributed by atoms with E-state index < -0.39 is 0 Å². The molecule has 0 atom stereocenters. The Morgan fingerprint density at radius 2 is 1.83 bits per heavy atom. The molecule has 1 amide bonds. The van der Waals surface area contributed by atoms with Crippen molar-refractivity contribution in [1.29, 1.82) is 0 Å². The Labute approximate surface area is 132 Å². The quantitative estimate of drug-likeness (QED) is 0.597. The monoisotopic (exact) mass is 303 g/mol. The normalized spacial score (nSPS) is 12.0. The number of hydrogen-bond acceptors (Lipinski definition) is 3. The zero-order valence-corrected chi connectivity index (χ0v) is 12.4. The van der Waals surface area contributed by atoms with E-state index in [4.69, 9.17) is 0 Å². The van der Waals surface area contributed by atoms with Crippen LogP contribution in [0.3, 0.4) is 0 Å². The summed E-state index contributed by atoms with van der Waals surface area (Å²) >= 11 is 0. The predicted molar refractivity (Wildman–Crippen MR) is 87.2 cm³/mol. The van der Waals surface area contributed by atoms with Crippen molar-refractivity contribution < 1.29 is 9.59 Å². The molecule has 3 aromatic rings. The zero-order chi connectivity index (χ0) is 16.0. The SMILES string of the molecule is CC(=O)Nc1cccc2c1C(=O)c1c(-c3ccccc3)n[nH]c1-2. The highest BCUT2D eigenvalue weighted by Crippen LogP contribution is 2.42. The van der Waals surface area contributed by atoms with E-state index in [1.54, 1.807) is 6.07 Å². The van der Waals surface area contributed by atoms with Gasteiger partial charge in [0.25, 0.3) is 0 Å². The topological polar surface area (TPSA) is 74.8 Å². The second kappa shape index (κ2) is 4.91. The molecule has 0 spiro atoms. The second-order valence-corrected chi connectivity index (χ2v) is 5.43. The summed E-state index contributed by atoms with van der Waals surface area (Å²) in [5, 5.41) is 10.0. The van der Waals surface area contributed by atoms with Gasteiger partial charge >= 0.3 is 0 Å². The Bertz CT molecular complexity index is 942. The van der Waals surface area contributed by atoms with Crippen molar-refractivity contribution in [3.63, 3.8) is 0 Å². The van der Waals surface area contributed by atoms with Crippen molar-refractivity contribution in [3.8, 4) is 22.5 Å². The van der Waals surface area contributed by atoms with Gasteiger partial charge in [-0.15, -0.1) is 0 Å². The molecule has 0 aliphatic heterocycles. The van der Waals surface area contributed by atoms with E-state index in [-0.39, 0.29) is 11.7 Å². The van der Waals surface area contributed by atoms with Crippen molar-refractivity contribution in [2.24, 2.45) is 0 Å². The minimum atomic E-state index is -0.205. The number of rotatable bonds is 2. The molecular formula is C18H13N3O2. The molecule has 2 N–H and O–H groups in total. The summed E-state index contributed by atoms with van der Waals surface area (Å²) in [6.07, 6.45) is 0. The van der Waals surface area contributed by atoms with Crippen LogP contribution in [0, 0.1) is 0 Å².